The van der Waals surface area contributed by atoms with E-state index in [4.69, 9.17) is 10.5 Å². The summed E-state index contributed by atoms with van der Waals surface area (Å²) in [6, 6.07) is 10.6. The molecule has 1 aliphatic rings. The molecule has 31 heavy (non-hydrogen) atoms. The number of benzene rings is 2. The van der Waals surface area contributed by atoms with Crippen molar-refractivity contribution in [2.75, 3.05) is 36.9 Å². The molecule has 0 aliphatic carbocycles. The number of hydrogen-bond donors (Lipinski definition) is 3. The zero-order chi connectivity index (χ0) is 22.6. The van der Waals surface area contributed by atoms with Crippen molar-refractivity contribution in [3.63, 3.8) is 0 Å². The molecule has 1 atom stereocenters. The average molecular weight is 447 g/mol. The number of morpholine rings is 1. The third kappa shape index (κ3) is 5.40. The third-order valence-corrected chi connectivity index (χ3v) is 7.03. The maximum atomic E-state index is 13.0. The van der Waals surface area contributed by atoms with E-state index in [2.05, 4.69) is 10.6 Å². The molecular formula is C21H26N4O5S. The second kappa shape index (κ2) is 9.46. The average Bonchev–Trinajstić information content (AvgIpc) is 2.76. The Labute approximate surface area is 181 Å². The minimum absolute atomic E-state index is 0.203. The summed E-state index contributed by atoms with van der Waals surface area (Å²) >= 11 is 0. The van der Waals surface area contributed by atoms with Crippen LogP contribution in [-0.2, 0) is 19.6 Å². The van der Waals surface area contributed by atoms with Crippen LogP contribution in [0, 0.1) is 6.92 Å². The lowest BCUT2D eigenvalue weighted by Gasteiger charge is -2.27. The van der Waals surface area contributed by atoms with Gasteiger partial charge in [-0.3, -0.25) is 9.59 Å². The highest BCUT2D eigenvalue weighted by Gasteiger charge is 2.28. The molecule has 1 aliphatic heterocycles. The van der Waals surface area contributed by atoms with E-state index >= 15 is 0 Å². The Kier molecular flexibility index (Phi) is 6.94. The molecule has 166 valence electrons. The Morgan fingerprint density at radius 3 is 2.29 bits per heavy atom. The van der Waals surface area contributed by atoms with Gasteiger partial charge >= 0.3 is 0 Å². The minimum Gasteiger partial charge on any atom is -0.379 e. The number of ether oxygens (including phenoxy) is 1. The van der Waals surface area contributed by atoms with Crippen LogP contribution in [0.4, 0.5) is 11.4 Å². The van der Waals surface area contributed by atoms with Crippen molar-refractivity contribution in [2.45, 2.75) is 24.8 Å². The molecule has 1 heterocycles. The van der Waals surface area contributed by atoms with Gasteiger partial charge in [0.1, 0.15) is 6.04 Å². The van der Waals surface area contributed by atoms with Crippen molar-refractivity contribution in [1.29, 1.82) is 0 Å². The summed E-state index contributed by atoms with van der Waals surface area (Å²) in [6.45, 7) is 4.77. The van der Waals surface area contributed by atoms with Gasteiger partial charge in [0.05, 0.1) is 18.1 Å². The predicted octanol–water partition coefficient (Wildman–Crippen LogP) is 1.55. The Balaban J connectivity index is 1.71. The molecule has 2 aromatic rings. The Hall–Kier alpha value is -2.95. The number of rotatable bonds is 7. The number of carbonyl (C=O) groups is 2. The molecule has 2 aromatic carbocycles. The number of hydrogen-bond acceptors (Lipinski definition) is 6. The van der Waals surface area contributed by atoms with Crippen molar-refractivity contribution in [2.24, 2.45) is 5.73 Å². The fourth-order valence-electron chi connectivity index (χ4n) is 3.18. The second-order valence-corrected chi connectivity index (χ2v) is 9.20. The summed E-state index contributed by atoms with van der Waals surface area (Å²) in [5.74, 6) is -0.861. The molecule has 0 spiro atoms. The normalized spacial score (nSPS) is 15.8. The maximum Gasteiger partial charge on any atom is 0.248 e. The van der Waals surface area contributed by atoms with Crippen LogP contribution < -0.4 is 16.4 Å². The molecule has 3 rings (SSSR count). The summed E-state index contributed by atoms with van der Waals surface area (Å²) in [4.78, 5) is 23.9. The highest BCUT2D eigenvalue weighted by Crippen LogP contribution is 2.25. The van der Waals surface area contributed by atoms with Crippen LogP contribution in [0.3, 0.4) is 0 Å². The summed E-state index contributed by atoms with van der Waals surface area (Å²) in [6.07, 6.45) is 0. The molecule has 0 radical (unpaired) electrons. The lowest BCUT2D eigenvalue weighted by molar-refractivity contribution is -0.116. The van der Waals surface area contributed by atoms with E-state index in [0.717, 1.165) is 0 Å². The first-order valence-corrected chi connectivity index (χ1v) is 11.3. The highest BCUT2D eigenvalue weighted by atomic mass is 32.2. The van der Waals surface area contributed by atoms with E-state index in [0.29, 0.717) is 48.8 Å². The molecular weight excluding hydrogens is 420 g/mol. The van der Waals surface area contributed by atoms with Crippen molar-refractivity contribution in [1.82, 2.24) is 4.31 Å². The van der Waals surface area contributed by atoms with Crippen molar-refractivity contribution >= 4 is 33.2 Å². The fraction of sp³-hybridized carbons (Fsp3) is 0.333. The van der Waals surface area contributed by atoms with E-state index in [1.165, 1.54) is 16.4 Å². The number of nitrogens with one attached hydrogen (secondary N) is 2. The molecule has 0 aromatic heterocycles. The fourth-order valence-corrected chi connectivity index (χ4v) is 4.84. The molecule has 10 heteroatoms. The molecule has 0 saturated carbocycles. The van der Waals surface area contributed by atoms with Gasteiger partial charge in [-0.2, -0.15) is 4.31 Å². The van der Waals surface area contributed by atoms with Crippen molar-refractivity contribution in [3.8, 4) is 0 Å². The van der Waals surface area contributed by atoms with E-state index in [-0.39, 0.29) is 10.8 Å². The smallest absolute Gasteiger partial charge is 0.248 e. The lowest BCUT2D eigenvalue weighted by atomic mass is 10.2. The number of carbonyl (C=O) groups excluding carboxylic acids is 2. The molecule has 1 saturated heterocycles. The summed E-state index contributed by atoms with van der Waals surface area (Å²) in [5, 5.41) is 5.78. The first kappa shape index (κ1) is 22.7. The van der Waals surface area contributed by atoms with Crippen LogP contribution in [0.15, 0.2) is 47.4 Å². The van der Waals surface area contributed by atoms with Crippen LogP contribution in [0.1, 0.15) is 22.8 Å². The Morgan fingerprint density at radius 2 is 1.68 bits per heavy atom. The number of nitrogens with two attached hydrogens (primary N) is 1. The number of sulfonamides is 1. The van der Waals surface area contributed by atoms with Gasteiger partial charge in [-0.25, -0.2) is 8.42 Å². The first-order valence-electron chi connectivity index (χ1n) is 9.84. The number of amides is 2. The SMILES string of the molecule is Cc1ccc(NC(C)C(=O)Nc2ccc(C(N)=O)cc2)cc1S(=O)(=O)N1CCOCC1. The first-order chi connectivity index (χ1) is 14.7. The number of anilines is 2. The van der Waals surface area contributed by atoms with Crippen molar-refractivity contribution < 1.29 is 22.7 Å². The van der Waals surface area contributed by atoms with Gasteiger partial charge in [-0.05, 0) is 55.8 Å². The zero-order valence-electron chi connectivity index (χ0n) is 17.4. The standard InChI is InChI=1S/C21H26N4O5S/c1-14-3-6-18(13-19(14)31(28,29)25-9-11-30-12-10-25)23-15(2)21(27)24-17-7-4-16(5-8-17)20(22)26/h3-8,13,15,23H,9-12H2,1-2H3,(H2,22,26)(H,24,27). The van der Waals surface area contributed by atoms with E-state index in [1.54, 1.807) is 44.2 Å². The molecule has 4 N–H and O–H groups in total. The Morgan fingerprint density at radius 1 is 1.06 bits per heavy atom. The second-order valence-electron chi connectivity index (χ2n) is 7.29. The third-order valence-electron chi connectivity index (χ3n) is 4.99. The largest absolute Gasteiger partial charge is 0.379 e. The van der Waals surface area contributed by atoms with Crippen LogP contribution in [0.5, 0.6) is 0 Å². The number of nitrogens with zero attached hydrogens (tertiary/aromatic N) is 1. The van der Waals surface area contributed by atoms with Crippen LogP contribution in [-0.4, -0.2) is 56.9 Å². The van der Waals surface area contributed by atoms with Crippen LogP contribution >= 0.6 is 0 Å². The molecule has 1 unspecified atom stereocenters. The van der Waals surface area contributed by atoms with Gasteiger partial charge in [0.2, 0.25) is 21.8 Å². The maximum absolute atomic E-state index is 13.0. The van der Waals surface area contributed by atoms with E-state index in [1.807, 2.05) is 0 Å². The van der Waals surface area contributed by atoms with Gasteiger partial charge < -0.3 is 21.1 Å². The molecule has 9 nitrogen and oxygen atoms in total. The van der Waals surface area contributed by atoms with Gasteiger partial charge in [0.25, 0.3) is 0 Å². The van der Waals surface area contributed by atoms with Crippen LogP contribution in [0.25, 0.3) is 0 Å². The van der Waals surface area contributed by atoms with E-state index in [9.17, 15) is 18.0 Å². The summed E-state index contributed by atoms with van der Waals surface area (Å²) < 4.78 is 32.7. The minimum atomic E-state index is -3.66. The topological polar surface area (TPSA) is 131 Å². The zero-order valence-corrected chi connectivity index (χ0v) is 18.2. The Bertz CT molecular complexity index is 1060. The molecule has 1 fully saturated rings. The molecule has 0 bridgehead atoms. The quantitative estimate of drug-likeness (QED) is 0.592. The van der Waals surface area contributed by atoms with Gasteiger partial charge in [-0.15, -0.1) is 0 Å². The van der Waals surface area contributed by atoms with E-state index < -0.39 is 22.0 Å². The number of primary amides is 1. The lowest BCUT2D eigenvalue weighted by Crippen LogP contribution is -2.40. The monoisotopic (exact) mass is 446 g/mol. The van der Waals surface area contributed by atoms with Gasteiger partial charge in [-0.1, -0.05) is 6.07 Å². The highest BCUT2D eigenvalue weighted by molar-refractivity contribution is 7.89. The summed E-state index contributed by atoms with van der Waals surface area (Å²) in [5.41, 5.74) is 7.22. The number of aryl methyl sites for hydroxylation is 1. The summed E-state index contributed by atoms with van der Waals surface area (Å²) in [7, 11) is -3.66. The van der Waals surface area contributed by atoms with Crippen molar-refractivity contribution in [3.05, 3.63) is 53.6 Å². The van der Waals surface area contributed by atoms with Crippen LogP contribution in [0.2, 0.25) is 0 Å². The van der Waals surface area contributed by atoms with Gasteiger partial charge in [0, 0.05) is 30.0 Å². The van der Waals surface area contributed by atoms with Gasteiger partial charge in [0.15, 0.2) is 0 Å². The predicted molar refractivity (Wildman–Crippen MR) is 117 cm³/mol. The molecule has 2 amide bonds.